The zero-order chi connectivity index (χ0) is 12.3. The van der Waals surface area contributed by atoms with Gasteiger partial charge in [0.1, 0.15) is 0 Å². The van der Waals surface area contributed by atoms with E-state index in [1.54, 1.807) is 0 Å². The van der Waals surface area contributed by atoms with Crippen LogP contribution in [0.25, 0.3) is 30.2 Å². The minimum Gasteiger partial charge on any atom is -0.350 e. The van der Waals surface area contributed by atoms with Crippen LogP contribution in [-0.2, 0) is 14.1 Å². The quantitative estimate of drug-likeness (QED) is 0.484. The maximum atomic E-state index is 2.30. The van der Waals surface area contributed by atoms with Gasteiger partial charge in [-0.3, -0.25) is 0 Å². The number of aryl methyl sites for hydroxylation is 2. The Hall–Kier alpha value is -1.52. The van der Waals surface area contributed by atoms with E-state index in [-0.39, 0.29) is 0 Å². The Bertz CT molecular complexity index is 784. The lowest BCUT2D eigenvalue weighted by Gasteiger charge is -1.91. The average Bonchev–Trinajstić information content (AvgIpc) is 3.04. The number of hydrogen-bond donors (Lipinski definition) is 0. The van der Waals surface area contributed by atoms with E-state index in [1.165, 1.54) is 30.2 Å². The SMILES string of the molecule is Cn1ccc2sc(-c3cc4c(ccn4C)s3)cc21. The molecule has 0 saturated heterocycles. The van der Waals surface area contributed by atoms with Gasteiger partial charge in [-0.25, -0.2) is 0 Å². The molecule has 18 heavy (non-hydrogen) atoms. The molecule has 0 aromatic carbocycles. The van der Waals surface area contributed by atoms with E-state index in [2.05, 4.69) is 59.9 Å². The van der Waals surface area contributed by atoms with Crippen molar-refractivity contribution in [1.82, 2.24) is 9.13 Å². The maximum absolute atomic E-state index is 2.30. The van der Waals surface area contributed by atoms with E-state index < -0.39 is 0 Å². The van der Waals surface area contributed by atoms with Crippen molar-refractivity contribution >= 4 is 43.1 Å². The number of thiophene rings is 2. The molecule has 4 heteroatoms. The molecule has 0 fully saturated rings. The van der Waals surface area contributed by atoms with Crippen molar-refractivity contribution in [3.05, 3.63) is 36.7 Å². The molecule has 0 spiro atoms. The van der Waals surface area contributed by atoms with Crippen molar-refractivity contribution in [3.63, 3.8) is 0 Å². The Kier molecular flexibility index (Phi) is 2.02. The van der Waals surface area contributed by atoms with Gasteiger partial charge in [-0.15, -0.1) is 22.7 Å². The van der Waals surface area contributed by atoms with Gasteiger partial charge >= 0.3 is 0 Å². The first-order chi connectivity index (χ1) is 8.72. The van der Waals surface area contributed by atoms with Crippen LogP contribution in [0.2, 0.25) is 0 Å². The molecule has 0 aliphatic carbocycles. The van der Waals surface area contributed by atoms with Crippen molar-refractivity contribution in [2.45, 2.75) is 0 Å². The lowest BCUT2D eigenvalue weighted by molar-refractivity contribution is 0.970. The molecular formula is C14H12N2S2. The number of fused-ring (bicyclic) bond motifs is 2. The van der Waals surface area contributed by atoms with Crippen LogP contribution in [0, 0.1) is 0 Å². The molecule has 4 rings (SSSR count). The second kappa shape index (κ2) is 3.49. The van der Waals surface area contributed by atoms with Gasteiger partial charge in [0.25, 0.3) is 0 Å². The first kappa shape index (κ1) is 10.4. The number of rotatable bonds is 1. The summed E-state index contributed by atoms with van der Waals surface area (Å²) in [5, 5.41) is 0. The number of aromatic nitrogens is 2. The first-order valence-corrected chi connectivity index (χ1v) is 7.46. The van der Waals surface area contributed by atoms with E-state index in [0.29, 0.717) is 0 Å². The Morgan fingerprint density at radius 2 is 1.22 bits per heavy atom. The van der Waals surface area contributed by atoms with Crippen LogP contribution < -0.4 is 0 Å². The third-order valence-corrected chi connectivity index (χ3v) is 5.76. The third kappa shape index (κ3) is 1.33. The third-order valence-electron chi connectivity index (χ3n) is 3.38. The summed E-state index contributed by atoms with van der Waals surface area (Å²) in [7, 11) is 4.20. The smallest absolute Gasteiger partial charge is 0.0594 e. The number of hydrogen-bond acceptors (Lipinski definition) is 2. The average molecular weight is 272 g/mol. The maximum Gasteiger partial charge on any atom is 0.0594 e. The molecular weight excluding hydrogens is 260 g/mol. The fourth-order valence-corrected chi connectivity index (χ4v) is 4.60. The Morgan fingerprint density at radius 3 is 1.61 bits per heavy atom. The molecule has 90 valence electrons. The molecule has 0 saturated carbocycles. The summed E-state index contributed by atoms with van der Waals surface area (Å²) >= 11 is 3.75. The van der Waals surface area contributed by atoms with Gasteiger partial charge in [0.05, 0.1) is 20.4 Å². The molecule has 4 aromatic rings. The van der Waals surface area contributed by atoms with Gasteiger partial charge in [0.15, 0.2) is 0 Å². The summed E-state index contributed by atoms with van der Waals surface area (Å²) in [5.74, 6) is 0. The summed E-state index contributed by atoms with van der Waals surface area (Å²) < 4.78 is 7.10. The van der Waals surface area contributed by atoms with Crippen LogP contribution in [0.4, 0.5) is 0 Å². The number of nitrogens with zero attached hydrogens (tertiary/aromatic N) is 2. The van der Waals surface area contributed by atoms with E-state index in [0.717, 1.165) is 0 Å². The van der Waals surface area contributed by atoms with Gasteiger partial charge < -0.3 is 9.13 Å². The highest BCUT2D eigenvalue weighted by atomic mass is 32.1. The summed E-state index contributed by atoms with van der Waals surface area (Å²) in [6.07, 6.45) is 4.24. The molecule has 0 radical (unpaired) electrons. The highest BCUT2D eigenvalue weighted by Crippen LogP contribution is 2.39. The molecule has 4 heterocycles. The Balaban J connectivity index is 1.94. The van der Waals surface area contributed by atoms with Crippen LogP contribution >= 0.6 is 22.7 Å². The van der Waals surface area contributed by atoms with Gasteiger partial charge in [-0.05, 0) is 24.3 Å². The van der Waals surface area contributed by atoms with E-state index >= 15 is 0 Å². The van der Waals surface area contributed by atoms with E-state index in [1.807, 2.05) is 22.7 Å². The monoisotopic (exact) mass is 272 g/mol. The fraction of sp³-hybridized carbons (Fsp3) is 0.143. The van der Waals surface area contributed by atoms with Crippen molar-refractivity contribution in [2.75, 3.05) is 0 Å². The van der Waals surface area contributed by atoms with Crippen molar-refractivity contribution in [1.29, 1.82) is 0 Å². The Labute approximate surface area is 113 Å². The minimum atomic E-state index is 1.33. The lowest BCUT2D eigenvalue weighted by atomic mass is 10.3. The predicted octanol–water partition coefficient (Wildman–Crippen LogP) is 4.46. The van der Waals surface area contributed by atoms with Crippen LogP contribution in [0.3, 0.4) is 0 Å². The zero-order valence-electron chi connectivity index (χ0n) is 10.2. The molecule has 0 N–H and O–H groups in total. The second-order valence-electron chi connectivity index (χ2n) is 4.57. The minimum absolute atomic E-state index is 1.33. The van der Waals surface area contributed by atoms with Crippen LogP contribution in [0.5, 0.6) is 0 Å². The first-order valence-electron chi connectivity index (χ1n) is 5.82. The molecule has 2 nitrogen and oxygen atoms in total. The molecule has 0 aliphatic rings. The van der Waals surface area contributed by atoms with Gasteiger partial charge in [-0.2, -0.15) is 0 Å². The predicted molar refractivity (Wildman–Crippen MR) is 80.6 cm³/mol. The summed E-state index contributed by atoms with van der Waals surface area (Å²) in [6.45, 7) is 0. The molecule has 0 aliphatic heterocycles. The second-order valence-corrected chi connectivity index (χ2v) is 6.74. The summed E-state index contributed by atoms with van der Waals surface area (Å²) in [5.41, 5.74) is 2.65. The molecule has 0 bridgehead atoms. The van der Waals surface area contributed by atoms with Crippen molar-refractivity contribution in [3.8, 4) is 9.75 Å². The van der Waals surface area contributed by atoms with Crippen molar-refractivity contribution < 1.29 is 0 Å². The molecule has 0 unspecified atom stereocenters. The normalized spacial score (nSPS) is 11.9. The van der Waals surface area contributed by atoms with E-state index in [9.17, 15) is 0 Å². The highest BCUT2D eigenvalue weighted by Gasteiger charge is 2.11. The lowest BCUT2D eigenvalue weighted by Crippen LogP contribution is -1.80. The molecule has 4 aromatic heterocycles. The highest BCUT2D eigenvalue weighted by molar-refractivity contribution is 7.28. The van der Waals surface area contributed by atoms with Crippen LogP contribution in [0.1, 0.15) is 0 Å². The standard InChI is InChI=1S/C14H12N2S2/c1-15-5-3-11-9(15)7-13(17-11)14-8-10-12(18-14)4-6-16(10)2/h3-8H,1-2H3. The van der Waals surface area contributed by atoms with Crippen molar-refractivity contribution in [2.24, 2.45) is 14.1 Å². The summed E-state index contributed by atoms with van der Waals surface area (Å²) in [4.78, 5) is 2.75. The van der Waals surface area contributed by atoms with Crippen LogP contribution in [0.15, 0.2) is 36.7 Å². The fourth-order valence-electron chi connectivity index (χ4n) is 2.34. The topological polar surface area (TPSA) is 9.86 Å². The molecule has 0 amide bonds. The van der Waals surface area contributed by atoms with Gasteiger partial charge in [0, 0.05) is 36.2 Å². The Morgan fingerprint density at radius 1 is 0.778 bits per heavy atom. The van der Waals surface area contributed by atoms with Gasteiger partial charge in [0.2, 0.25) is 0 Å². The largest absolute Gasteiger partial charge is 0.350 e. The van der Waals surface area contributed by atoms with Gasteiger partial charge in [-0.1, -0.05) is 0 Å². The zero-order valence-corrected chi connectivity index (χ0v) is 11.8. The van der Waals surface area contributed by atoms with E-state index in [4.69, 9.17) is 0 Å². The summed E-state index contributed by atoms with van der Waals surface area (Å²) in [6, 6.07) is 8.98. The van der Waals surface area contributed by atoms with Crippen LogP contribution in [-0.4, -0.2) is 9.13 Å². The molecule has 0 atom stereocenters.